The molecule has 2 aromatic carbocycles. The molecule has 0 aromatic heterocycles. The van der Waals surface area contributed by atoms with Crippen molar-refractivity contribution < 1.29 is 9.16 Å². The first-order chi connectivity index (χ1) is 9.85. The number of hydrogen-bond acceptors (Lipinski definition) is 0. The third-order valence-corrected chi connectivity index (χ3v) is 7.41. The Morgan fingerprint density at radius 2 is 1.55 bits per heavy atom. The summed E-state index contributed by atoms with van der Waals surface area (Å²) in [6, 6.07) is 21.1. The van der Waals surface area contributed by atoms with Crippen LogP contribution in [-0.2, 0) is 0 Å². The molecule has 1 saturated heterocycles. The normalized spacial score (nSPS) is 17.7. The van der Waals surface area contributed by atoms with Crippen LogP contribution in [0.5, 0.6) is 0 Å². The fourth-order valence-electron chi connectivity index (χ4n) is 2.47. The number of epoxide rings is 1. The molecule has 2 aromatic rings. The predicted octanol–water partition coefficient (Wildman–Crippen LogP) is 0.910. The molecule has 0 bridgehead atoms. The molecule has 0 amide bonds. The summed E-state index contributed by atoms with van der Waals surface area (Å²) >= 11 is 0. The van der Waals surface area contributed by atoms with Crippen LogP contribution in [0.2, 0.25) is 0 Å². The topological polar surface area (TPSA) is 25.6 Å². The van der Waals surface area contributed by atoms with Gasteiger partial charge in [-0.1, -0.05) is 67.2 Å². The number of rotatable bonds is 6. The Bertz CT molecular complexity index is 525. The third kappa shape index (κ3) is 2.61. The van der Waals surface area contributed by atoms with E-state index in [0.717, 1.165) is 13.2 Å². The first kappa shape index (κ1) is 13.3. The van der Waals surface area contributed by atoms with Crippen molar-refractivity contribution in [2.45, 2.75) is 6.10 Å². The summed E-state index contributed by atoms with van der Waals surface area (Å²) in [7, 11) is -2.22. The molecule has 20 heavy (non-hydrogen) atoms. The van der Waals surface area contributed by atoms with Gasteiger partial charge in [0.1, 0.15) is 0 Å². The van der Waals surface area contributed by atoms with Crippen LogP contribution in [-0.4, -0.2) is 36.8 Å². The minimum Gasteiger partial charge on any atom is -0.515 e. The Kier molecular flexibility index (Phi) is 3.83. The van der Waals surface area contributed by atoms with E-state index in [1.165, 1.54) is 10.4 Å². The Hall–Kier alpha value is -1.68. The summed E-state index contributed by atoms with van der Waals surface area (Å²) < 4.78 is 9.42. The molecule has 1 heterocycles. The zero-order chi connectivity index (χ0) is 13.8. The van der Waals surface area contributed by atoms with Crippen LogP contribution >= 0.6 is 0 Å². The SMILES string of the molecule is C=C[Si]([OH+]CC1C[OH+]1)(c1ccccc1)c1ccccc1. The van der Waals surface area contributed by atoms with Gasteiger partial charge in [-0.05, 0) is 5.70 Å². The highest BCUT2D eigenvalue weighted by molar-refractivity contribution is 7.00. The lowest BCUT2D eigenvalue weighted by Crippen LogP contribution is -2.62. The molecule has 102 valence electrons. The van der Waals surface area contributed by atoms with Crippen LogP contribution < -0.4 is 10.4 Å². The smallest absolute Gasteiger partial charge is 0.477 e. The maximum atomic E-state index is 5.10. The van der Waals surface area contributed by atoms with Gasteiger partial charge in [-0.15, -0.1) is 0 Å². The molecule has 2 nitrogen and oxygen atoms in total. The standard InChI is InChI=1S/C17H18O2Si/c1-2-20(19-14-15-13-18-15,16-9-5-3-6-10-16)17-11-7-4-8-12-17/h2-12,15H,1,13-14H2/p+2. The zero-order valence-corrected chi connectivity index (χ0v) is 12.4. The van der Waals surface area contributed by atoms with Gasteiger partial charge in [-0.3, -0.25) is 0 Å². The van der Waals surface area contributed by atoms with Crippen molar-refractivity contribution >= 4 is 18.7 Å². The van der Waals surface area contributed by atoms with Crippen molar-refractivity contribution in [3.8, 4) is 0 Å². The summed E-state index contributed by atoms with van der Waals surface area (Å²) in [6.45, 7) is 5.91. The van der Waals surface area contributed by atoms with E-state index >= 15 is 0 Å². The van der Waals surface area contributed by atoms with E-state index in [-0.39, 0.29) is 0 Å². The summed E-state index contributed by atoms with van der Waals surface area (Å²) in [5, 5.41) is 2.59. The molecule has 0 radical (unpaired) electrons. The summed E-state index contributed by atoms with van der Waals surface area (Å²) in [5.41, 5.74) is 2.08. The number of benzene rings is 2. The van der Waals surface area contributed by atoms with Crippen LogP contribution in [0, 0.1) is 0 Å². The molecule has 0 spiro atoms. The van der Waals surface area contributed by atoms with E-state index in [9.17, 15) is 0 Å². The Morgan fingerprint density at radius 1 is 1.05 bits per heavy atom. The number of hydrogen-bond donors (Lipinski definition) is 0. The predicted molar refractivity (Wildman–Crippen MR) is 86.1 cm³/mol. The van der Waals surface area contributed by atoms with Gasteiger partial charge >= 0.3 is 8.32 Å². The second-order valence-corrected chi connectivity index (χ2v) is 8.47. The molecule has 1 aliphatic rings. The van der Waals surface area contributed by atoms with Gasteiger partial charge in [0.2, 0.25) is 13.2 Å². The largest absolute Gasteiger partial charge is 0.515 e. The minimum atomic E-state index is -2.22. The van der Waals surface area contributed by atoms with Crippen LogP contribution in [0.25, 0.3) is 0 Å². The van der Waals surface area contributed by atoms with Gasteiger partial charge in [0.25, 0.3) is 6.10 Å². The lowest BCUT2D eigenvalue weighted by Gasteiger charge is -2.22. The molecule has 3 heteroatoms. The molecular formula is C17H20O2Si+2. The quantitative estimate of drug-likeness (QED) is 0.428. The van der Waals surface area contributed by atoms with Gasteiger partial charge in [-0.25, -0.2) is 0 Å². The van der Waals surface area contributed by atoms with Gasteiger partial charge in [0, 0.05) is 10.4 Å². The first-order valence-electron chi connectivity index (χ1n) is 6.95. The fraction of sp³-hybridized carbons (Fsp3) is 0.176. The van der Waals surface area contributed by atoms with E-state index in [4.69, 9.17) is 4.43 Å². The maximum absolute atomic E-state index is 5.10. The summed E-state index contributed by atoms with van der Waals surface area (Å²) in [4.78, 5) is 0. The van der Waals surface area contributed by atoms with E-state index < -0.39 is 8.32 Å². The van der Waals surface area contributed by atoms with Gasteiger partial charge in [0.15, 0.2) is 0 Å². The van der Waals surface area contributed by atoms with E-state index in [1.54, 1.807) is 0 Å². The van der Waals surface area contributed by atoms with E-state index in [0.29, 0.717) is 6.10 Å². The zero-order valence-electron chi connectivity index (χ0n) is 11.4. The summed E-state index contributed by atoms with van der Waals surface area (Å²) in [5.74, 6) is 0. The van der Waals surface area contributed by atoms with Crippen LogP contribution in [0.1, 0.15) is 0 Å². The van der Waals surface area contributed by atoms with Crippen molar-refractivity contribution in [2.24, 2.45) is 0 Å². The van der Waals surface area contributed by atoms with Crippen molar-refractivity contribution in [1.82, 2.24) is 0 Å². The lowest BCUT2D eigenvalue weighted by atomic mass is 10.4. The second kappa shape index (κ2) is 5.75. The Balaban J connectivity index is 2.02. The Labute approximate surface area is 120 Å². The van der Waals surface area contributed by atoms with Crippen LogP contribution in [0.4, 0.5) is 0 Å². The fourth-order valence-corrected chi connectivity index (χ4v) is 5.67. The van der Waals surface area contributed by atoms with Crippen molar-refractivity contribution in [1.29, 1.82) is 0 Å². The number of aliphatic hydroxyl groups is 3. The monoisotopic (exact) mass is 284 g/mol. The molecule has 1 fully saturated rings. The van der Waals surface area contributed by atoms with Gasteiger partial charge in [0.05, 0.1) is 0 Å². The highest BCUT2D eigenvalue weighted by Crippen LogP contribution is 2.11. The molecule has 1 atom stereocenters. The minimum absolute atomic E-state index is 0.439. The average Bonchev–Trinajstić information content (AvgIpc) is 3.35. The highest BCUT2D eigenvalue weighted by Gasteiger charge is 2.48. The van der Waals surface area contributed by atoms with Crippen molar-refractivity contribution in [3.63, 3.8) is 0 Å². The molecule has 0 aliphatic carbocycles. The van der Waals surface area contributed by atoms with Crippen LogP contribution in [0.3, 0.4) is 0 Å². The molecule has 1 aliphatic heterocycles. The van der Waals surface area contributed by atoms with E-state index in [1.807, 2.05) is 12.1 Å². The molecule has 1 unspecified atom stereocenters. The highest BCUT2D eigenvalue weighted by atomic mass is 28.4. The first-order valence-corrected chi connectivity index (χ1v) is 8.97. The van der Waals surface area contributed by atoms with Gasteiger partial charge in [-0.2, -0.15) is 0 Å². The molecule has 0 saturated carbocycles. The third-order valence-electron chi connectivity index (χ3n) is 3.72. The Morgan fingerprint density at radius 3 is 1.95 bits per heavy atom. The average molecular weight is 284 g/mol. The van der Waals surface area contributed by atoms with Gasteiger partial charge < -0.3 is 9.16 Å². The molecular weight excluding hydrogens is 264 g/mol. The number of ether oxygens (including phenoxy) is 1. The summed E-state index contributed by atoms with van der Waals surface area (Å²) in [6.07, 6.45) is 0.439. The van der Waals surface area contributed by atoms with E-state index in [2.05, 4.69) is 65.5 Å². The lowest BCUT2D eigenvalue weighted by molar-refractivity contribution is 0.0782. The molecule has 3 rings (SSSR count). The van der Waals surface area contributed by atoms with Crippen LogP contribution in [0.15, 0.2) is 72.9 Å². The second-order valence-electron chi connectivity index (χ2n) is 5.06. The van der Waals surface area contributed by atoms with Crippen molar-refractivity contribution in [2.75, 3.05) is 13.2 Å². The van der Waals surface area contributed by atoms with Crippen molar-refractivity contribution in [3.05, 3.63) is 72.9 Å². The molecule has 2 N–H and O–H groups in total. The maximum Gasteiger partial charge on any atom is 0.477 e.